The predicted octanol–water partition coefficient (Wildman–Crippen LogP) is 3.76. The average Bonchev–Trinajstić information content (AvgIpc) is 2.53. The second-order valence-corrected chi connectivity index (χ2v) is 4.74. The lowest BCUT2D eigenvalue weighted by molar-refractivity contribution is 0.102. The number of carbonyl (C=O) groups is 1. The molecule has 0 unspecified atom stereocenters. The van der Waals surface area contributed by atoms with E-state index in [9.17, 15) is 13.6 Å². The van der Waals surface area contributed by atoms with Crippen molar-refractivity contribution in [2.75, 3.05) is 19.0 Å². The van der Waals surface area contributed by atoms with Crippen LogP contribution < -0.4 is 10.1 Å². The van der Waals surface area contributed by atoms with Crippen molar-refractivity contribution in [3.63, 3.8) is 0 Å². The first-order valence-corrected chi connectivity index (χ1v) is 7.06. The third kappa shape index (κ3) is 4.04. The molecule has 1 amide bonds. The highest BCUT2D eigenvalue weighted by Gasteiger charge is 2.15. The summed E-state index contributed by atoms with van der Waals surface area (Å²) >= 11 is 0. The number of anilines is 1. The molecule has 1 N–H and O–H groups in total. The van der Waals surface area contributed by atoms with Gasteiger partial charge in [-0.25, -0.2) is 8.78 Å². The van der Waals surface area contributed by atoms with E-state index in [0.717, 1.165) is 12.1 Å². The maximum atomic E-state index is 13.6. The first-order valence-electron chi connectivity index (χ1n) is 7.06. The van der Waals surface area contributed by atoms with Crippen LogP contribution in [0.1, 0.15) is 22.8 Å². The summed E-state index contributed by atoms with van der Waals surface area (Å²) in [6.07, 6.45) is 0. The van der Waals surface area contributed by atoms with Crippen molar-refractivity contribution in [1.29, 1.82) is 0 Å². The molecular weight excluding hydrogens is 304 g/mol. The van der Waals surface area contributed by atoms with Crippen LogP contribution in [-0.2, 0) is 11.3 Å². The largest absolute Gasteiger partial charge is 0.494 e. The van der Waals surface area contributed by atoms with Crippen LogP contribution in [0.2, 0.25) is 0 Å². The molecule has 0 radical (unpaired) electrons. The van der Waals surface area contributed by atoms with Gasteiger partial charge in [0.15, 0.2) is 0 Å². The molecule has 0 aromatic heterocycles. The minimum atomic E-state index is -0.832. The Kier molecular flexibility index (Phi) is 5.65. The molecule has 6 heteroatoms. The van der Waals surface area contributed by atoms with Gasteiger partial charge < -0.3 is 14.8 Å². The van der Waals surface area contributed by atoms with Crippen molar-refractivity contribution >= 4 is 11.6 Å². The van der Waals surface area contributed by atoms with Crippen molar-refractivity contribution in [3.05, 3.63) is 59.2 Å². The van der Waals surface area contributed by atoms with Crippen molar-refractivity contribution in [1.82, 2.24) is 0 Å². The molecule has 0 bridgehead atoms. The van der Waals surface area contributed by atoms with E-state index in [1.54, 1.807) is 12.1 Å². The molecule has 2 aromatic carbocycles. The smallest absolute Gasteiger partial charge is 0.255 e. The van der Waals surface area contributed by atoms with E-state index in [-0.39, 0.29) is 12.2 Å². The van der Waals surface area contributed by atoms with E-state index >= 15 is 0 Å². The quantitative estimate of drug-likeness (QED) is 0.881. The molecule has 0 atom stereocenters. The highest BCUT2D eigenvalue weighted by molar-refractivity contribution is 6.04. The number of carbonyl (C=O) groups excluding carboxylic acids is 1. The van der Waals surface area contributed by atoms with E-state index in [4.69, 9.17) is 9.47 Å². The molecule has 0 aliphatic rings. The number of benzene rings is 2. The Morgan fingerprint density at radius 1 is 1.17 bits per heavy atom. The number of ether oxygens (including phenoxy) is 2. The Morgan fingerprint density at radius 3 is 2.48 bits per heavy atom. The van der Waals surface area contributed by atoms with Gasteiger partial charge in [0.05, 0.1) is 13.2 Å². The van der Waals surface area contributed by atoms with Gasteiger partial charge in [0.25, 0.3) is 5.91 Å². The van der Waals surface area contributed by atoms with Gasteiger partial charge in [-0.05, 0) is 37.3 Å². The van der Waals surface area contributed by atoms with Crippen LogP contribution in [0.5, 0.6) is 5.75 Å². The summed E-state index contributed by atoms with van der Waals surface area (Å²) in [5, 5.41) is 2.24. The SMILES string of the molecule is CCOc1ccc(C(=O)Nc2c(F)cccc2F)cc1COC. The molecule has 0 spiro atoms. The highest BCUT2D eigenvalue weighted by Crippen LogP contribution is 2.23. The fourth-order valence-corrected chi connectivity index (χ4v) is 2.09. The lowest BCUT2D eigenvalue weighted by Crippen LogP contribution is -2.15. The molecule has 0 aliphatic carbocycles. The third-order valence-corrected chi connectivity index (χ3v) is 3.12. The predicted molar refractivity (Wildman–Crippen MR) is 82.6 cm³/mol. The Bertz CT molecular complexity index is 684. The van der Waals surface area contributed by atoms with Gasteiger partial charge in [-0.2, -0.15) is 0 Å². The van der Waals surface area contributed by atoms with Crippen molar-refractivity contribution < 1.29 is 23.0 Å². The molecular formula is C17H17F2NO3. The standard InChI is InChI=1S/C17H17F2NO3/c1-3-23-15-8-7-11(9-12(15)10-22-2)17(21)20-16-13(18)5-4-6-14(16)19/h4-9H,3,10H2,1-2H3,(H,20,21). The Morgan fingerprint density at radius 2 is 1.87 bits per heavy atom. The lowest BCUT2D eigenvalue weighted by Gasteiger charge is -2.12. The normalized spacial score (nSPS) is 10.4. The van der Waals surface area contributed by atoms with Crippen LogP contribution in [-0.4, -0.2) is 19.6 Å². The summed E-state index contributed by atoms with van der Waals surface area (Å²) in [6, 6.07) is 8.11. The van der Waals surface area contributed by atoms with E-state index in [0.29, 0.717) is 17.9 Å². The summed E-state index contributed by atoms with van der Waals surface area (Å²) in [5.74, 6) is -1.68. The fraction of sp³-hybridized carbons (Fsp3) is 0.235. The third-order valence-electron chi connectivity index (χ3n) is 3.12. The lowest BCUT2D eigenvalue weighted by atomic mass is 10.1. The summed E-state index contributed by atoms with van der Waals surface area (Å²) < 4.78 is 37.7. The summed E-state index contributed by atoms with van der Waals surface area (Å²) in [6.45, 7) is 2.57. The number of para-hydroxylation sites is 1. The van der Waals surface area contributed by atoms with E-state index in [2.05, 4.69) is 5.32 Å². The molecule has 0 heterocycles. The summed E-state index contributed by atoms with van der Waals surface area (Å²) in [4.78, 5) is 12.2. The van der Waals surface area contributed by atoms with Gasteiger partial charge in [-0.15, -0.1) is 0 Å². The van der Waals surface area contributed by atoms with Crippen LogP contribution in [0.3, 0.4) is 0 Å². The van der Waals surface area contributed by atoms with E-state index in [1.807, 2.05) is 6.92 Å². The molecule has 0 saturated heterocycles. The summed E-state index contributed by atoms with van der Waals surface area (Å²) in [5.41, 5.74) is 0.457. The Labute approximate surface area is 133 Å². The fourth-order valence-electron chi connectivity index (χ4n) is 2.09. The zero-order valence-corrected chi connectivity index (χ0v) is 12.9. The molecule has 2 rings (SSSR count). The van der Waals surface area contributed by atoms with Gasteiger partial charge in [0.1, 0.15) is 23.1 Å². The number of amides is 1. The van der Waals surface area contributed by atoms with Crippen molar-refractivity contribution in [2.24, 2.45) is 0 Å². The number of methoxy groups -OCH3 is 1. The van der Waals surface area contributed by atoms with Gasteiger partial charge in [-0.3, -0.25) is 4.79 Å². The maximum absolute atomic E-state index is 13.6. The first kappa shape index (κ1) is 16.9. The number of halogens is 2. The van der Waals surface area contributed by atoms with Crippen LogP contribution >= 0.6 is 0 Å². The molecule has 23 heavy (non-hydrogen) atoms. The van der Waals surface area contributed by atoms with Crippen LogP contribution in [0, 0.1) is 11.6 Å². The zero-order valence-electron chi connectivity index (χ0n) is 12.9. The second-order valence-electron chi connectivity index (χ2n) is 4.74. The van der Waals surface area contributed by atoms with Gasteiger partial charge >= 0.3 is 0 Å². The van der Waals surface area contributed by atoms with E-state index < -0.39 is 23.2 Å². The van der Waals surface area contributed by atoms with Gasteiger partial charge in [0, 0.05) is 18.2 Å². The molecule has 0 saturated carbocycles. The first-order chi connectivity index (χ1) is 11.1. The zero-order chi connectivity index (χ0) is 16.8. The number of hydrogen-bond donors (Lipinski definition) is 1. The Hall–Kier alpha value is -2.47. The molecule has 122 valence electrons. The number of hydrogen-bond acceptors (Lipinski definition) is 3. The van der Waals surface area contributed by atoms with Crippen molar-refractivity contribution in [2.45, 2.75) is 13.5 Å². The summed E-state index contributed by atoms with van der Waals surface area (Å²) in [7, 11) is 1.52. The van der Waals surface area contributed by atoms with Crippen LogP contribution in [0.4, 0.5) is 14.5 Å². The molecule has 2 aromatic rings. The monoisotopic (exact) mass is 321 g/mol. The maximum Gasteiger partial charge on any atom is 0.255 e. The minimum Gasteiger partial charge on any atom is -0.494 e. The van der Waals surface area contributed by atoms with Gasteiger partial charge in [-0.1, -0.05) is 6.07 Å². The van der Waals surface area contributed by atoms with Crippen LogP contribution in [0.15, 0.2) is 36.4 Å². The van der Waals surface area contributed by atoms with Crippen molar-refractivity contribution in [3.8, 4) is 5.75 Å². The topological polar surface area (TPSA) is 47.6 Å². The molecule has 0 fully saturated rings. The van der Waals surface area contributed by atoms with Gasteiger partial charge in [0.2, 0.25) is 0 Å². The average molecular weight is 321 g/mol. The minimum absolute atomic E-state index is 0.253. The Balaban J connectivity index is 2.27. The second kappa shape index (κ2) is 7.69. The highest BCUT2D eigenvalue weighted by atomic mass is 19.1. The number of rotatable bonds is 6. The molecule has 4 nitrogen and oxygen atoms in total. The molecule has 0 aliphatic heterocycles. The van der Waals surface area contributed by atoms with Crippen LogP contribution in [0.25, 0.3) is 0 Å². The number of nitrogens with one attached hydrogen (secondary N) is 1. The van der Waals surface area contributed by atoms with E-state index in [1.165, 1.54) is 19.2 Å².